The summed E-state index contributed by atoms with van der Waals surface area (Å²) >= 11 is 5.28. The van der Waals surface area contributed by atoms with Gasteiger partial charge in [0.05, 0.1) is 12.8 Å². The lowest BCUT2D eigenvalue weighted by molar-refractivity contribution is -0.131. The van der Waals surface area contributed by atoms with E-state index in [-0.39, 0.29) is 12.5 Å². The number of likely N-dealkylation sites (N-methyl/N-ethyl adjacent to an activating group) is 1. The van der Waals surface area contributed by atoms with Crippen LogP contribution in [-0.2, 0) is 17.9 Å². The van der Waals surface area contributed by atoms with Crippen LogP contribution in [-0.4, -0.2) is 32.6 Å². The van der Waals surface area contributed by atoms with Gasteiger partial charge in [0.1, 0.15) is 12.3 Å². The number of benzene rings is 1. The normalized spacial score (nSPS) is 10.8. The molecule has 1 aromatic carbocycles. The summed E-state index contributed by atoms with van der Waals surface area (Å²) in [6.45, 7) is 2.55. The van der Waals surface area contributed by atoms with Gasteiger partial charge in [-0.3, -0.25) is 14.5 Å². The standard InChI is InChI=1S/C17H18N4O2S/c1-12-5-3-6-13(9-12)16-18-19-17(24)21(16)11-15(22)20(2)10-14-7-4-8-23-14/h3-9H,10-11H2,1-2H3,(H,19,24). The SMILES string of the molecule is Cc1cccc(-c2n[nH]c(=S)n2CC(=O)N(C)Cc2ccco2)c1. The molecule has 2 aromatic heterocycles. The maximum Gasteiger partial charge on any atom is 0.242 e. The maximum absolute atomic E-state index is 12.5. The van der Waals surface area contributed by atoms with Crippen LogP contribution in [0.25, 0.3) is 11.4 Å². The number of H-pyrrole nitrogens is 1. The minimum atomic E-state index is -0.0715. The third kappa shape index (κ3) is 3.46. The van der Waals surface area contributed by atoms with Crippen LogP contribution in [0.5, 0.6) is 0 Å². The minimum absolute atomic E-state index is 0.0715. The van der Waals surface area contributed by atoms with Crippen LogP contribution in [0, 0.1) is 11.7 Å². The Hall–Kier alpha value is -2.67. The number of aryl methyl sites for hydroxylation is 1. The monoisotopic (exact) mass is 342 g/mol. The Balaban J connectivity index is 1.81. The summed E-state index contributed by atoms with van der Waals surface area (Å²) in [6.07, 6.45) is 1.59. The quantitative estimate of drug-likeness (QED) is 0.723. The van der Waals surface area contributed by atoms with Gasteiger partial charge in [-0.25, -0.2) is 0 Å². The number of aromatic nitrogens is 3. The van der Waals surface area contributed by atoms with Crippen LogP contribution in [0.4, 0.5) is 0 Å². The van der Waals surface area contributed by atoms with Crippen LogP contribution >= 0.6 is 12.2 Å². The van der Waals surface area contributed by atoms with Gasteiger partial charge in [-0.05, 0) is 37.3 Å². The summed E-state index contributed by atoms with van der Waals surface area (Å²) in [4.78, 5) is 14.1. The average Bonchev–Trinajstić information content (AvgIpc) is 3.18. The molecule has 0 fully saturated rings. The molecule has 24 heavy (non-hydrogen) atoms. The molecule has 0 bridgehead atoms. The third-order valence-corrected chi connectivity index (χ3v) is 4.04. The van der Waals surface area contributed by atoms with E-state index < -0.39 is 0 Å². The van der Waals surface area contributed by atoms with Crippen molar-refractivity contribution in [3.8, 4) is 11.4 Å². The number of aromatic amines is 1. The highest BCUT2D eigenvalue weighted by molar-refractivity contribution is 7.71. The van der Waals surface area contributed by atoms with Crippen LogP contribution in [0.2, 0.25) is 0 Å². The molecule has 0 saturated carbocycles. The van der Waals surface area contributed by atoms with Crippen molar-refractivity contribution in [1.82, 2.24) is 19.7 Å². The molecular weight excluding hydrogens is 324 g/mol. The largest absolute Gasteiger partial charge is 0.467 e. The van der Waals surface area contributed by atoms with Crippen LogP contribution in [0.1, 0.15) is 11.3 Å². The molecule has 6 nitrogen and oxygen atoms in total. The first-order valence-electron chi connectivity index (χ1n) is 7.53. The van der Waals surface area contributed by atoms with E-state index >= 15 is 0 Å². The lowest BCUT2D eigenvalue weighted by Crippen LogP contribution is -2.30. The molecule has 0 atom stereocenters. The van der Waals surface area contributed by atoms with Gasteiger partial charge in [0, 0.05) is 12.6 Å². The number of nitrogens with zero attached hydrogens (tertiary/aromatic N) is 3. The molecule has 0 spiro atoms. The Kier molecular flexibility index (Phi) is 4.61. The molecule has 1 N–H and O–H groups in total. The molecule has 3 aromatic rings. The number of hydrogen-bond acceptors (Lipinski definition) is 4. The van der Waals surface area contributed by atoms with Crippen molar-refractivity contribution in [2.75, 3.05) is 7.05 Å². The van der Waals surface area contributed by atoms with Crippen LogP contribution in [0.15, 0.2) is 47.1 Å². The fraction of sp³-hybridized carbons (Fsp3) is 0.235. The van der Waals surface area contributed by atoms with Gasteiger partial charge >= 0.3 is 0 Å². The van der Waals surface area contributed by atoms with Gasteiger partial charge in [-0.2, -0.15) is 5.10 Å². The molecule has 1 amide bonds. The number of carbonyl (C=O) groups excluding carboxylic acids is 1. The first-order valence-corrected chi connectivity index (χ1v) is 7.94. The molecule has 0 aliphatic heterocycles. The first kappa shape index (κ1) is 16.2. The Bertz CT molecular complexity index is 895. The fourth-order valence-electron chi connectivity index (χ4n) is 2.45. The predicted octanol–water partition coefficient (Wildman–Crippen LogP) is 3.17. The number of amides is 1. The van der Waals surface area contributed by atoms with E-state index in [9.17, 15) is 4.79 Å². The molecule has 0 saturated heterocycles. The highest BCUT2D eigenvalue weighted by atomic mass is 32.1. The topological polar surface area (TPSA) is 67.1 Å². The summed E-state index contributed by atoms with van der Waals surface area (Å²) in [5.74, 6) is 1.32. The summed E-state index contributed by atoms with van der Waals surface area (Å²) < 4.78 is 7.42. The zero-order valence-corrected chi connectivity index (χ0v) is 14.3. The summed E-state index contributed by atoms with van der Waals surface area (Å²) in [5.41, 5.74) is 2.04. The van der Waals surface area contributed by atoms with Crippen LogP contribution in [0.3, 0.4) is 0 Å². The van der Waals surface area contributed by atoms with Crippen molar-refractivity contribution < 1.29 is 9.21 Å². The van der Waals surface area contributed by atoms with Crippen molar-refractivity contribution in [3.63, 3.8) is 0 Å². The fourth-order valence-corrected chi connectivity index (χ4v) is 2.65. The number of carbonyl (C=O) groups is 1. The van der Waals surface area contributed by atoms with Crippen molar-refractivity contribution in [1.29, 1.82) is 0 Å². The lowest BCUT2D eigenvalue weighted by atomic mass is 10.1. The Labute approximate surface area is 144 Å². The van der Waals surface area contributed by atoms with Gasteiger partial charge in [-0.15, -0.1) is 0 Å². The van der Waals surface area contributed by atoms with Crippen molar-refractivity contribution in [2.24, 2.45) is 0 Å². The van der Waals surface area contributed by atoms with E-state index in [2.05, 4.69) is 10.2 Å². The second-order valence-electron chi connectivity index (χ2n) is 5.64. The van der Waals surface area contributed by atoms with E-state index in [1.54, 1.807) is 28.8 Å². The van der Waals surface area contributed by atoms with Gasteiger partial charge in [0.2, 0.25) is 5.91 Å². The predicted molar refractivity (Wildman–Crippen MR) is 92.8 cm³/mol. The van der Waals surface area contributed by atoms with E-state index in [0.717, 1.165) is 16.9 Å². The van der Waals surface area contributed by atoms with Crippen LogP contribution < -0.4 is 0 Å². The average molecular weight is 342 g/mol. The van der Waals surface area contributed by atoms with Gasteiger partial charge in [-0.1, -0.05) is 23.8 Å². The highest BCUT2D eigenvalue weighted by Crippen LogP contribution is 2.18. The maximum atomic E-state index is 12.5. The van der Waals surface area contributed by atoms with Gasteiger partial charge < -0.3 is 9.32 Å². The molecule has 7 heteroatoms. The second-order valence-corrected chi connectivity index (χ2v) is 6.02. The van der Waals surface area contributed by atoms with E-state index in [4.69, 9.17) is 16.6 Å². The van der Waals surface area contributed by atoms with E-state index in [1.165, 1.54) is 0 Å². The number of furan rings is 1. The van der Waals surface area contributed by atoms with E-state index in [1.807, 2.05) is 37.3 Å². The molecule has 3 rings (SSSR count). The summed E-state index contributed by atoms with van der Waals surface area (Å²) in [6, 6.07) is 11.6. The molecule has 124 valence electrons. The van der Waals surface area contributed by atoms with E-state index in [0.29, 0.717) is 17.1 Å². The Morgan fingerprint density at radius 3 is 2.92 bits per heavy atom. The van der Waals surface area contributed by atoms with Gasteiger partial charge in [0.25, 0.3) is 0 Å². The Morgan fingerprint density at radius 2 is 2.21 bits per heavy atom. The van der Waals surface area contributed by atoms with Crippen molar-refractivity contribution in [3.05, 3.63) is 58.8 Å². The molecule has 0 aliphatic rings. The molecule has 0 unspecified atom stereocenters. The molecule has 0 radical (unpaired) electrons. The summed E-state index contributed by atoms with van der Waals surface area (Å²) in [7, 11) is 1.74. The lowest BCUT2D eigenvalue weighted by Gasteiger charge is -2.16. The molecule has 0 aliphatic carbocycles. The summed E-state index contributed by atoms with van der Waals surface area (Å²) in [5, 5.41) is 7.04. The second kappa shape index (κ2) is 6.84. The first-order chi connectivity index (χ1) is 11.5. The highest BCUT2D eigenvalue weighted by Gasteiger charge is 2.16. The molecule has 2 heterocycles. The smallest absolute Gasteiger partial charge is 0.242 e. The number of rotatable bonds is 5. The number of nitrogens with one attached hydrogen (secondary N) is 1. The number of hydrogen-bond donors (Lipinski definition) is 1. The van der Waals surface area contributed by atoms with Crippen molar-refractivity contribution in [2.45, 2.75) is 20.0 Å². The molecular formula is C17H18N4O2S. The van der Waals surface area contributed by atoms with Crippen molar-refractivity contribution >= 4 is 18.1 Å². The zero-order valence-electron chi connectivity index (χ0n) is 13.5. The zero-order chi connectivity index (χ0) is 17.1. The van der Waals surface area contributed by atoms with Gasteiger partial charge in [0.15, 0.2) is 10.6 Å². The Morgan fingerprint density at radius 1 is 1.38 bits per heavy atom. The third-order valence-electron chi connectivity index (χ3n) is 3.73. The minimum Gasteiger partial charge on any atom is -0.467 e.